The summed E-state index contributed by atoms with van der Waals surface area (Å²) >= 11 is 6.02. The van der Waals surface area contributed by atoms with E-state index in [-0.39, 0.29) is 28.4 Å². The van der Waals surface area contributed by atoms with Crippen molar-refractivity contribution in [1.82, 2.24) is 15.5 Å². The van der Waals surface area contributed by atoms with E-state index in [0.717, 1.165) is 12.8 Å². The highest BCUT2D eigenvalue weighted by Gasteiger charge is 2.27. The van der Waals surface area contributed by atoms with Crippen LogP contribution < -0.4 is 15.8 Å². The van der Waals surface area contributed by atoms with Crippen molar-refractivity contribution < 1.29 is 4.79 Å². The van der Waals surface area contributed by atoms with Gasteiger partial charge in [-0.25, -0.2) is 5.10 Å². The Labute approximate surface area is 135 Å². The van der Waals surface area contributed by atoms with E-state index in [1.54, 1.807) is 6.20 Å². The molecule has 0 aliphatic carbocycles. The van der Waals surface area contributed by atoms with Gasteiger partial charge in [-0.15, -0.1) is 0 Å². The summed E-state index contributed by atoms with van der Waals surface area (Å²) in [6.45, 7) is 7.60. The van der Waals surface area contributed by atoms with E-state index in [4.69, 9.17) is 11.6 Å². The zero-order valence-corrected chi connectivity index (χ0v) is 14.0. The molecule has 1 unspecified atom stereocenters. The number of nitrogens with one attached hydrogen (secondary N) is 2. The van der Waals surface area contributed by atoms with Crippen LogP contribution in [-0.2, 0) is 4.79 Å². The number of halogens is 1. The van der Waals surface area contributed by atoms with Crippen LogP contribution in [0.3, 0.4) is 0 Å². The molecule has 0 radical (unpaired) electrons. The molecule has 1 atom stereocenters. The number of nitrogens with zero attached hydrogens (tertiary/aromatic N) is 2. The van der Waals surface area contributed by atoms with Gasteiger partial charge in [0.25, 0.3) is 5.56 Å². The standard InChI is InChI=1S/C15H23ClN4O2/c1-9(2)10(3)18-14(21)11-4-6-20(7-5-11)12-8-17-19-15(22)13(12)16/h8-11H,4-7H2,1-3H3,(H,18,21)(H,19,22). The second kappa shape index (κ2) is 7.13. The molecule has 1 aliphatic rings. The SMILES string of the molecule is CC(C)C(C)NC(=O)C1CCN(c2cn[nH]c(=O)c2Cl)CC1. The Kier molecular flexibility index (Phi) is 5.45. The number of anilines is 1. The van der Waals surface area contributed by atoms with Gasteiger partial charge in [0.15, 0.2) is 0 Å². The molecule has 0 bridgehead atoms. The molecule has 1 amide bonds. The molecule has 22 heavy (non-hydrogen) atoms. The fourth-order valence-corrected chi connectivity index (χ4v) is 2.70. The van der Waals surface area contributed by atoms with Crippen molar-refractivity contribution in [1.29, 1.82) is 0 Å². The van der Waals surface area contributed by atoms with E-state index in [9.17, 15) is 9.59 Å². The van der Waals surface area contributed by atoms with Crippen molar-refractivity contribution in [2.75, 3.05) is 18.0 Å². The number of hydrogen-bond acceptors (Lipinski definition) is 4. The lowest BCUT2D eigenvalue weighted by atomic mass is 9.94. The summed E-state index contributed by atoms with van der Waals surface area (Å²) in [4.78, 5) is 25.8. The van der Waals surface area contributed by atoms with Crippen molar-refractivity contribution in [3.05, 3.63) is 21.6 Å². The van der Waals surface area contributed by atoms with Gasteiger partial charge in [0.05, 0.1) is 11.9 Å². The predicted octanol–water partition coefficient (Wildman–Crippen LogP) is 1.80. The molecule has 7 heteroatoms. The van der Waals surface area contributed by atoms with Crippen LogP contribution in [0.1, 0.15) is 33.6 Å². The van der Waals surface area contributed by atoms with Gasteiger partial charge in [-0.05, 0) is 25.7 Å². The second-order valence-electron chi connectivity index (χ2n) is 6.20. The van der Waals surface area contributed by atoms with Crippen molar-refractivity contribution in [2.24, 2.45) is 11.8 Å². The lowest BCUT2D eigenvalue weighted by molar-refractivity contribution is -0.126. The summed E-state index contributed by atoms with van der Waals surface area (Å²) in [6.07, 6.45) is 3.06. The highest BCUT2D eigenvalue weighted by atomic mass is 35.5. The molecule has 1 fully saturated rings. The molecule has 1 aliphatic heterocycles. The van der Waals surface area contributed by atoms with Crippen LogP contribution in [0.2, 0.25) is 5.02 Å². The van der Waals surface area contributed by atoms with Crippen LogP contribution in [0.15, 0.2) is 11.0 Å². The van der Waals surface area contributed by atoms with Gasteiger partial charge in [-0.2, -0.15) is 5.10 Å². The molecule has 1 aromatic heterocycles. The summed E-state index contributed by atoms with van der Waals surface area (Å²) in [5, 5.41) is 9.33. The first-order chi connectivity index (χ1) is 10.4. The Balaban J connectivity index is 1.94. The van der Waals surface area contributed by atoms with Crippen molar-refractivity contribution in [3.8, 4) is 0 Å². The quantitative estimate of drug-likeness (QED) is 0.884. The van der Waals surface area contributed by atoms with E-state index in [0.29, 0.717) is 24.7 Å². The molecule has 1 aromatic rings. The first-order valence-corrected chi connectivity index (χ1v) is 8.06. The maximum absolute atomic E-state index is 12.3. The average molecular weight is 327 g/mol. The Bertz CT molecular complexity index is 579. The zero-order chi connectivity index (χ0) is 16.3. The first-order valence-electron chi connectivity index (χ1n) is 7.68. The number of H-pyrrole nitrogens is 1. The number of aromatic amines is 1. The summed E-state index contributed by atoms with van der Waals surface area (Å²) in [7, 11) is 0. The summed E-state index contributed by atoms with van der Waals surface area (Å²) < 4.78 is 0. The molecule has 0 spiro atoms. The van der Waals surface area contributed by atoms with Crippen LogP contribution >= 0.6 is 11.6 Å². The van der Waals surface area contributed by atoms with Gasteiger partial charge in [-0.3, -0.25) is 9.59 Å². The lowest BCUT2D eigenvalue weighted by Gasteiger charge is -2.33. The summed E-state index contributed by atoms with van der Waals surface area (Å²) in [5.74, 6) is 0.562. The summed E-state index contributed by atoms with van der Waals surface area (Å²) in [5.41, 5.74) is 0.254. The van der Waals surface area contributed by atoms with E-state index < -0.39 is 0 Å². The van der Waals surface area contributed by atoms with E-state index >= 15 is 0 Å². The molecular weight excluding hydrogens is 304 g/mol. The topological polar surface area (TPSA) is 78.1 Å². The molecule has 2 rings (SSSR count). The van der Waals surface area contributed by atoms with Crippen LogP contribution in [0.4, 0.5) is 5.69 Å². The largest absolute Gasteiger partial charge is 0.369 e. The number of piperidine rings is 1. The second-order valence-corrected chi connectivity index (χ2v) is 6.58. The fourth-order valence-electron chi connectivity index (χ4n) is 2.49. The van der Waals surface area contributed by atoms with Crippen LogP contribution in [-0.4, -0.2) is 35.2 Å². The van der Waals surface area contributed by atoms with Crippen LogP contribution in [0.25, 0.3) is 0 Å². The van der Waals surface area contributed by atoms with Crippen molar-refractivity contribution >= 4 is 23.2 Å². The van der Waals surface area contributed by atoms with Crippen molar-refractivity contribution in [3.63, 3.8) is 0 Å². The number of hydrogen-bond donors (Lipinski definition) is 2. The highest BCUT2D eigenvalue weighted by molar-refractivity contribution is 6.33. The van der Waals surface area contributed by atoms with E-state index in [2.05, 4.69) is 29.4 Å². The van der Waals surface area contributed by atoms with Gasteiger partial charge < -0.3 is 10.2 Å². The molecule has 6 nitrogen and oxygen atoms in total. The third-order valence-electron chi connectivity index (χ3n) is 4.35. The lowest BCUT2D eigenvalue weighted by Crippen LogP contribution is -2.44. The van der Waals surface area contributed by atoms with Gasteiger partial charge in [0.2, 0.25) is 5.91 Å². The van der Waals surface area contributed by atoms with Gasteiger partial charge in [-0.1, -0.05) is 25.4 Å². The molecule has 2 N–H and O–H groups in total. The molecule has 0 aromatic carbocycles. The Morgan fingerprint density at radius 2 is 2.05 bits per heavy atom. The predicted molar refractivity (Wildman–Crippen MR) is 87.2 cm³/mol. The minimum Gasteiger partial charge on any atom is -0.369 e. The van der Waals surface area contributed by atoms with Gasteiger partial charge in [0.1, 0.15) is 5.02 Å². The summed E-state index contributed by atoms with van der Waals surface area (Å²) in [6, 6.07) is 0.178. The minimum absolute atomic E-state index is 0.0196. The Hall–Kier alpha value is -1.56. The monoisotopic (exact) mass is 326 g/mol. The Morgan fingerprint density at radius 3 is 2.64 bits per heavy atom. The first kappa shape index (κ1) is 16.8. The molecule has 122 valence electrons. The van der Waals surface area contributed by atoms with Crippen LogP contribution in [0, 0.1) is 11.8 Å². The fraction of sp³-hybridized carbons (Fsp3) is 0.667. The molecule has 0 saturated carbocycles. The number of rotatable bonds is 4. The number of aromatic nitrogens is 2. The van der Waals surface area contributed by atoms with Gasteiger partial charge >= 0.3 is 0 Å². The maximum atomic E-state index is 12.3. The minimum atomic E-state index is -0.384. The van der Waals surface area contributed by atoms with Gasteiger partial charge in [0, 0.05) is 25.0 Å². The average Bonchev–Trinajstić information content (AvgIpc) is 2.50. The molecule has 1 saturated heterocycles. The number of carbonyl (C=O) groups is 1. The number of amides is 1. The third kappa shape index (κ3) is 3.80. The van der Waals surface area contributed by atoms with E-state index in [1.807, 2.05) is 11.8 Å². The zero-order valence-electron chi connectivity index (χ0n) is 13.2. The maximum Gasteiger partial charge on any atom is 0.285 e. The third-order valence-corrected chi connectivity index (χ3v) is 4.72. The van der Waals surface area contributed by atoms with Crippen LogP contribution in [0.5, 0.6) is 0 Å². The normalized spacial score (nSPS) is 17.6. The molecule has 2 heterocycles. The number of carbonyl (C=O) groups excluding carboxylic acids is 1. The van der Waals surface area contributed by atoms with Crippen molar-refractivity contribution in [2.45, 2.75) is 39.7 Å². The highest BCUT2D eigenvalue weighted by Crippen LogP contribution is 2.26. The Morgan fingerprint density at radius 1 is 1.41 bits per heavy atom. The smallest absolute Gasteiger partial charge is 0.285 e. The molecular formula is C15H23ClN4O2. The van der Waals surface area contributed by atoms with E-state index in [1.165, 1.54) is 0 Å².